The highest BCUT2D eigenvalue weighted by molar-refractivity contribution is 5.87. The van der Waals surface area contributed by atoms with Crippen LogP contribution < -0.4 is 37.1 Å². The van der Waals surface area contributed by atoms with Crippen LogP contribution in [-0.2, 0) is 6.54 Å². The van der Waals surface area contributed by atoms with Crippen molar-refractivity contribution in [1.82, 2.24) is 0 Å². The number of anilines is 1. The van der Waals surface area contributed by atoms with Crippen molar-refractivity contribution in [1.29, 1.82) is 0 Å². The van der Waals surface area contributed by atoms with E-state index in [9.17, 15) is 0 Å². The minimum absolute atomic E-state index is 0. The first kappa shape index (κ1) is 24.2. The lowest BCUT2D eigenvalue weighted by molar-refractivity contribution is -0.444. The second kappa shape index (κ2) is 13.3. The predicted octanol–water partition coefficient (Wildman–Crippen LogP) is 1.52. The van der Waals surface area contributed by atoms with Crippen LogP contribution in [0.3, 0.4) is 0 Å². The minimum atomic E-state index is 0. The van der Waals surface area contributed by atoms with E-state index in [1.807, 2.05) is 79.0 Å². The lowest BCUT2D eigenvalue weighted by atomic mass is 10.2. The van der Waals surface area contributed by atoms with Crippen LogP contribution in [0.15, 0.2) is 96.5 Å². The Labute approximate surface area is 194 Å². The van der Waals surface area contributed by atoms with Crippen LogP contribution in [-0.4, -0.2) is 19.2 Å². The van der Waals surface area contributed by atoms with Crippen molar-refractivity contribution < 1.29 is 31.8 Å². The summed E-state index contributed by atoms with van der Waals surface area (Å²) >= 11 is 0. The molecule has 0 saturated carbocycles. The van der Waals surface area contributed by atoms with Crippen LogP contribution in [0.2, 0.25) is 0 Å². The molecule has 0 heterocycles. The van der Waals surface area contributed by atoms with Gasteiger partial charge in [0.1, 0.15) is 23.8 Å². The molecular formula is C25H28BrN3O2. The van der Waals surface area contributed by atoms with Crippen molar-refractivity contribution in [3.8, 4) is 11.5 Å². The number of benzene rings is 3. The molecule has 0 spiro atoms. The molecule has 0 aliphatic carbocycles. The summed E-state index contributed by atoms with van der Waals surface area (Å²) in [5.41, 5.74) is 3.14. The van der Waals surface area contributed by atoms with E-state index in [-0.39, 0.29) is 17.0 Å². The van der Waals surface area contributed by atoms with E-state index in [1.165, 1.54) is 0 Å². The number of nitrogens with one attached hydrogen (secondary N) is 1. The van der Waals surface area contributed by atoms with Gasteiger partial charge in [-0.2, -0.15) is 0 Å². The Morgan fingerprint density at radius 2 is 1.58 bits per heavy atom. The number of guanidine groups is 1. The van der Waals surface area contributed by atoms with Crippen molar-refractivity contribution in [2.75, 3.05) is 18.5 Å². The quantitative estimate of drug-likeness (QED) is 0.211. The summed E-state index contributed by atoms with van der Waals surface area (Å²) in [6, 6.07) is 26.0. The van der Waals surface area contributed by atoms with Crippen LogP contribution >= 0.6 is 0 Å². The van der Waals surface area contributed by atoms with E-state index >= 15 is 0 Å². The Kier molecular flexibility index (Phi) is 10.3. The lowest BCUT2D eigenvalue weighted by Crippen LogP contribution is -3.00. The zero-order chi connectivity index (χ0) is 21.0. The third-order valence-electron chi connectivity index (χ3n) is 4.26. The SMILES string of the molecule is C=CCOc1ccc([NH2+]C(=NCc2ccccc2)Nc2ccc(OCC)cc2)cc1.[Br-]. The van der Waals surface area contributed by atoms with E-state index in [4.69, 9.17) is 14.5 Å². The fraction of sp³-hybridized carbons (Fsp3) is 0.160. The highest BCUT2D eigenvalue weighted by Crippen LogP contribution is 2.16. The number of nitrogens with two attached hydrogens (primary N) is 1. The molecule has 0 bridgehead atoms. The number of hydrogen-bond donors (Lipinski definition) is 2. The molecule has 0 fully saturated rings. The highest BCUT2D eigenvalue weighted by Gasteiger charge is 2.08. The van der Waals surface area contributed by atoms with Gasteiger partial charge >= 0.3 is 5.96 Å². The topological polar surface area (TPSA) is 59.5 Å². The zero-order valence-electron chi connectivity index (χ0n) is 17.6. The van der Waals surface area contributed by atoms with Crippen LogP contribution in [0.4, 0.5) is 11.4 Å². The van der Waals surface area contributed by atoms with E-state index in [1.54, 1.807) is 6.08 Å². The minimum Gasteiger partial charge on any atom is -1.00 e. The molecule has 0 aromatic heterocycles. The number of ether oxygens (including phenoxy) is 2. The molecule has 0 atom stereocenters. The van der Waals surface area contributed by atoms with E-state index in [2.05, 4.69) is 24.0 Å². The van der Waals surface area contributed by atoms with Gasteiger partial charge in [0.25, 0.3) is 0 Å². The number of rotatable bonds is 9. The van der Waals surface area contributed by atoms with E-state index < -0.39 is 0 Å². The summed E-state index contributed by atoms with van der Waals surface area (Å²) in [6.45, 7) is 7.38. The Bertz CT molecular complexity index is 943. The molecule has 31 heavy (non-hydrogen) atoms. The zero-order valence-corrected chi connectivity index (χ0v) is 19.2. The van der Waals surface area contributed by atoms with E-state index in [0.29, 0.717) is 19.8 Å². The fourth-order valence-corrected chi connectivity index (χ4v) is 2.80. The molecule has 0 saturated heterocycles. The van der Waals surface area contributed by atoms with Crippen molar-refractivity contribution in [2.24, 2.45) is 4.99 Å². The third kappa shape index (κ3) is 8.28. The maximum Gasteiger partial charge on any atom is 0.304 e. The average molecular weight is 482 g/mol. The molecule has 3 aromatic carbocycles. The predicted molar refractivity (Wildman–Crippen MR) is 123 cm³/mol. The Morgan fingerprint density at radius 3 is 2.23 bits per heavy atom. The Morgan fingerprint density at radius 1 is 0.935 bits per heavy atom. The van der Waals surface area contributed by atoms with Crippen molar-refractivity contribution in [3.05, 3.63) is 97.1 Å². The van der Waals surface area contributed by atoms with Gasteiger partial charge in [-0.3, -0.25) is 5.32 Å². The first-order valence-electron chi connectivity index (χ1n) is 10.0. The van der Waals surface area contributed by atoms with E-state index in [0.717, 1.165) is 34.4 Å². The molecule has 3 N–H and O–H groups in total. The van der Waals surface area contributed by atoms with Gasteiger partial charge in [0.2, 0.25) is 0 Å². The van der Waals surface area contributed by atoms with Crippen molar-refractivity contribution >= 4 is 17.3 Å². The normalized spacial score (nSPS) is 10.7. The molecule has 6 heteroatoms. The van der Waals surface area contributed by atoms with Crippen molar-refractivity contribution in [2.45, 2.75) is 13.5 Å². The molecule has 3 rings (SSSR count). The molecule has 162 valence electrons. The number of hydrogen-bond acceptors (Lipinski definition) is 3. The number of quaternary nitrogens is 1. The van der Waals surface area contributed by atoms with Crippen molar-refractivity contribution in [3.63, 3.8) is 0 Å². The van der Waals surface area contributed by atoms with Gasteiger partial charge < -0.3 is 26.5 Å². The molecule has 0 aliphatic rings. The van der Waals surface area contributed by atoms with Crippen LogP contribution in [0.1, 0.15) is 12.5 Å². The Balaban J connectivity index is 0.00000341. The number of aliphatic imine (C=N–C) groups is 1. The first-order valence-corrected chi connectivity index (χ1v) is 10.0. The summed E-state index contributed by atoms with van der Waals surface area (Å²) < 4.78 is 11.1. The van der Waals surface area contributed by atoms with Gasteiger partial charge in [-0.15, -0.1) is 0 Å². The molecule has 0 radical (unpaired) electrons. The highest BCUT2D eigenvalue weighted by atomic mass is 79.9. The Hall–Kier alpha value is -3.09. The molecule has 0 amide bonds. The largest absolute Gasteiger partial charge is 1.00 e. The third-order valence-corrected chi connectivity index (χ3v) is 4.26. The standard InChI is InChI=1S/C25H27N3O2.BrH/c1-3-18-30-24-16-12-22(13-17-24)28-25(26-19-20-8-6-5-7-9-20)27-21-10-14-23(15-11-21)29-4-2;/h3,5-17H,1,4,18-19H2,2H3,(H2,26,27,28);1H. The van der Waals surface area contributed by atoms with Gasteiger partial charge in [-0.05, 0) is 48.9 Å². The monoisotopic (exact) mass is 481 g/mol. The lowest BCUT2D eigenvalue weighted by Gasteiger charge is -2.10. The maximum atomic E-state index is 5.56. The smallest absolute Gasteiger partial charge is 0.304 e. The molecule has 5 nitrogen and oxygen atoms in total. The number of nitrogens with zero attached hydrogens (tertiary/aromatic N) is 1. The second-order valence-electron chi connectivity index (χ2n) is 6.58. The molecular weight excluding hydrogens is 454 g/mol. The van der Waals surface area contributed by atoms with Gasteiger partial charge in [-0.1, -0.05) is 43.0 Å². The first-order chi connectivity index (χ1) is 14.8. The van der Waals surface area contributed by atoms with Crippen LogP contribution in [0, 0.1) is 0 Å². The summed E-state index contributed by atoms with van der Waals surface area (Å²) in [5.74, 6) is 2.45. The summed E-state index contributed by atoms with van der Waals surface area (Å²) in [7, 11) is 0. The summed E-state index contributed by atoms with van der Waals surface area (Å²) in [5, 5.41) is 5.43. The van der Waals surface area contributed by atoms with Crippen LogP contribution in [0.25, 0.3) is 0 Å². The van der Waals surface area contributed by atoms with Gasteiger partial charge in [0, 0.05) is 17.8 Å². The van der Waals surface area contributed by atoms with Gasteiger partial charge in [0.05, 0.1) is 13.2 Å². The summed E-state index contributed by atoms with van der Waals surface area (Å²) in [6.07, 6.45) is 1.73. The number of halogens is 1. The second-order valence-corrected chi connectivity index (χ2v) is 6.58. The summed E-state index contributed by atoms with van der Waals surface area (Å²) in [4.78, 5) is 4.79. The molecule has 0 aliphatic heterocycles. The maximum absolute atomic E-state index is 5.56. The molecule has 3 aromatic rings. The van der Waals surface area contributed by atoms with Gasteiger partial charge in [0.15, 0.2) is 0 Å². The van der Waals surface area contributed by atoms with Gasteiger partial charge in [-0.25, -0.2) is 10.3 Å². The fourth-order valence-electron chi connectivity index (χ4n) is 2.80. The average Bonchev–Trinajstić information content (AvgIpc) is 2.79. The molecule has 0 unspecified atom stereocenters. The van der Waals surface area contributed by atoms with Crippen LogP contribution in [0.5, 0.6) is 11.5 Å².